The summed E-state index contributed by atoms with van der Waals surface area (Å²) in [6, 6.07) is 18.9. The van der Waals surface area contributed by atoms with Gasteiger partial charge < -0.3 is 14.6 Å². The van der Waals surface area contributed by atoms with Crippen LogP contribution in [0.2, 0.25) is 0 Å². The fraction of sp³-hybridized carbons (Fsp3) is 0.429. The molecule has 1 atom stereocenters. The second kappa shape index (κ2) is 8.99. The molecule has 3 rings (SSSR count). The van der Waals surface area contributed by atoms with Gasteiger partial charge in [0.15, 0.2) is 0 Å². The Bertz CT molecular complexity index is 643. The van der Waals surface area contributed by atoms with Crippen LogP contribution in [0.25, 0.3) is 0 Å². The van der Waals surface area contributed by atoms with Gasteiger partial charge in [-0.1, -0.05) is 42.5 Å². The molecule has 4 nitrogen and oxygen atoms in total. The third-order valence-corrected chi connectivity index (χ3v) is 4.45. The van der Waals surface area contributed by atoms with Crippen molar-refractivity contribution < 1.29 is 14.6 Å². The zero-order chi connectivity index (χ0) is 17.5. The summed E-state index contributed by atoms with van der Waals surface area (Å²) in [7, 11) is 1.66. The van der Waals surface area contributed by atoms with E-state index in [0.29, 0.717) is 25.8 Å². The van der Waals surface area contributed by atoms with Crippen LogP contribution in [0.5, 0.6) is 5.75 Å². The Hall–Kier alpha value is -1.88. The van der Waals surface area contributed by atoms with Crippen LogP contribution >= 0.6 is 0 Å². The van der Waals surface area contributed by atoms with Crippen LogP contribution in [-0.2, 0) is 17.9 Å². The third-order valence-electron chi connectivity index (χ3n) is 4.45. The lowest BCUT2D eigenvalue weighted by atomic mass is 10.2. The second-order valence-electron chi connectivity index (χ2n) is 6.67. The maximum Gasteiger partial charge on any atom is 0.119 e. The van der Waals surface area contributed by atoms with Crippen LogP contribution in [0.1, 0.15) is 24.0 Å². The van der Waals surface area contributed by atoms with Crippen LogP contribution < -0.4 is 4.74 Å². The molecule has 4 heteroatoms. The number of nitrogens with zero attached hydrogens (tertiary/aromatic N) is 1. The van der Waals surface area contributed by atoms with E-state index >= 15 is 0 Å². The van der Waals surface area contributed by atoms with E-state index < -0.39 is 6.10 Å². The summed E-state index contributed by atoms with van der Waals surface area (Å²) in [6.07, 6.45) is 1.98. The molecule has 1 aliphatic carbocycles. The zero-order valence-electron chi connectivity index (χ0n) is 14.8. The Labute approximate surface area is 150 Å². The first-order valence-electron chi connectivity index (χ1n) is 8.91. The zero-order valence-corrected chi connectivity index (χ0v) is 14.8. The highest BCUT2D eigenvalue weighted by atomic mass is 16.5. The number of hydrogen-bond acceptors (Lipinski definition) is 4. The van der Waals surface area contributed by atoms with Crippen LogP contribution in [-0.4, -0.2) is 42.4 Å². The lowest BCUT2D eigenvalue weighted by Gasteiger charge is -2.25. The van der Waals surface area contributed by atoms with Crippen molar-refractivity contribution >= 4 is 0 Å². The van der Waals surface area contributed by atoms with E-state index in [-0.39, 0.29) is 0 Å². The van der Waals surface area contributed by atoms with Gasteiger partial charge in [0.05, 0.1) is 26.4 Å². The summed E-state index contributed by atoms with van der Waals surface area (Å²) in [4.78, 5) is 2.37. The van der Waals surface area contributed by atoms with Gasteiger partial charge in [-0.2, -0.15) is 0 Å². The van der Waals surface area contributed by atoms with E-state index in [1.165, 1.54) is 18.4 Å². The van der Waals surface area contributed by atoms with Gasteiger partial charge in [0, 0.05) is 19.1 Å². The number of aliphatic hydroxyl groups excluding tert-OH is 1. The van der Waals surface area contributed by atoms with Gasteiger partial charge in [0.2, 0.25) is 0 Å². The number of benzene rings is 2. The molecule has 0 saturated heterocycles. The van der Waals surface area contributed by atoms with Crippen LogP contribution in [0.15, 0.2) is 54.6 Å². The topological polar surface area (TPSA) is 41.9 Å². The van der Waals surface area contributed by atoms with Gasteiger partial charge in [-0.05, 0) is 36.1 Å². The molecule has 0 aromatic heterocycles. The molecule has 1 saturated carbocycles. The predicted octanol–water partition coefficient (Wildman–Crippen LogP) is 3.24. The molecular formula is C21H27NO3. The SMILES string of the molecule is COc1cccc(COCC(O)CN(Cc2ccccc2)C2CC2)c1. The van der Waals surface area contributed by atoms with Gasteiger partial charge in [-0.25, -0.2) is 0 Å². The molecule has 1 fully saturated rings. The van der Waals surface area contributed by atoms with Crippen LogP contribution in [0, 0.1) is 0 Å². The summed E-state index contributed by atoms with van der Waals surface area (Å²) in [6.45, 7) is 2.36. The molecule has 0 spiro atoms. The van der Waals surface area contributed by atoms with Crippen molar-refractivity contribution in [3.63, 3.8) is 0 Å². The molecule has 1 unspecified atom stereocenters. The molecule has 1 aliphatic rings. The smallest absolute Gasteiger partial charge is 0.119 e. The number of rotatable bonds is 10. The Morgan fingerprint density at radius 3 is 2.56 bits per heavy atom. The first-order valence-corrected chi connectivity index (χ1v) is 8.91. The lowest BCUT2D eigenvalue weighted by molar-refractivity contribution is 0.00702. The van der Waals surface area contributed by atoms with Crippen molar-refractivity contribution in [2.75, 3.05) is 20.3 Å². The lowest BCUT2D eigenvalue weighted by Crippen LogP contribution is -2.36. The number of ether oxygens (including phenoxy) is 2. The van der Waals surface area contributed by atoms with Gasteiger partial charge in [0.1, 0.15) is 5.75 Å². The minimum absolute atomic E-state index is 0.342. The van der Waals surface area contributed by atoms with Gasteiger partial charge in [-0.15, -0.1) is 0 Å². The average molecular weight is 341 g/mol. The Balaban J connectivity index is 1.44. The molecule has 2 aromatic carbocycles. The second-order valence-corrected chi connectivity index (χ2v) is 6.67. The Morgan fingerprint density at radius 2 is 1.84 bits per heavy atom. The Kier molecular flexibility index (Phi) is 6.45. The van der Waals surface area contributed by atoms with E-state index in [1.54, 1.807) is 7.11 Å². The molecule has 2 aromatic rings. The van der Waals surface area contributed by atoms with Crippen LogP contribution in [0.4, 0.5) is 0 Å². The highest BCUT2D eigenvalue weighted by Gasteiger charge is 2.30. The summed E-state index contributed by atoms with van der Waals surface area (Å²) >= 11 is 0. The molecule has 25 heavy (non-hydrogen) atoms. The highest BCUT2D eigenvalue weighted by molar-refractivity contribution is 5.27. The maximum atomic E-state index is 10.4. The summed E-state index contributed by atoms with van der Waals surface area (Å²) in [5, 5.41) is 10.4. The predicted molar refractivity (Wildman–Crippen MR) is 98.5 cm³/mol. The summed E-state index contributed by atoms with van der Waals surface area (Å²) in [5.74, 6) is 0.824. The number of hydrogen-bond donors (Lipinski definition) is 1. The molecule has 0 aliphatic heterocycles. The standard InChI is InChI=1S/C21H27NO3/c1-24-21-9-5-8-18(12-21)15-25-16-20(23)14-22(19-10-11-19)13-17-6-3-2-4-7-17/h2-9,12,19-20,23H,10-11,13-16H2,1H3. The van der Waals surface area contributed by atoms with Crippen molar-refractivity contribution in [2.24, 2.45) is 0 Å². The van der Waals surface area contributed by atoms with E-state index in [0.717, 1.165) is 17.9 Å². The van der Waals surface area contributed by atoms with E-state index in [9.17, 15) is 5.11 Å². The fourth-order valence-corrected chi connectivity index (χ4v) is 3.00. The molecule has 0 bridgehead atoms. The highest BCUT2D eigenvalue weighted by Crippen LogP contribution is 2.28. The van der Waals surface area contributed by atoms with Crippen molar-refractivity contribution in [1.82, 2.24) is 4.90 Å². The van der Waals surface area contributed by atoms with Crippen molar-refractivity contribution in [3.05, 3.63) is 65.7 Å². The largest absolute Gasteiger partial charge is 0.497 e. The average Bonchev–Trinajstić information content (AvgIpc) is 3.47. The Morgan fingerprint density at radius 1 is 1.08 bits per heavy atom. The first kappa shape index (κ1) is 17.9. The molecule has 1 N–H and O–H groups in total. The molecular weight excluding hydrogens is 314 g/mol. The normalized spacial score (nSPS) is 15.3. The quantitative estimate of drug-likeness (QED) is 0.720. The first-order chi connectivity index (χ1) is 12.2. The summed E-state index contributed by atoms with van der Waals surface area (Å²) in [5.41, 5.74) is 2.34. The van der Waals surface area contributed by atoms with E-state index in [1.807, 2.05) is 30.3 Å². The van der Waals surface area contributed by atoms with Gasteiger partial charge in [0.25, 0.3) is 0 Å². The maximum absolute atomic E-state index is 10.4. The molecule has 134 valence electrons. The van der Waals surface area contributed by atoms with Gasteiger partial charge >= 0.3 is 0 Å². The monoisotopic (exact) mass is 341 g/mol. The van der Waals surface area contributed by atoms with E-state index in [2.05, 4.69) is 29.2 Å². The van der Waals surface area contributed by atoms with Crippen molar-refractivity contribution in [3.8, 4) is 5.75 Å². The summed E-state index contributed by atoms with van der Waals surface area (Å²) < 4.78 is 10.9. The fourth-order valence-electron chi connectivity index (χ4n) is 3.00. The van der Waals surface area contributed by atoms with Gasteiger partial charge in [-0.3, -0.25) is 4.90 Å². The number of aliphatic hydroxyl groups is 1. The molecule has 0 radical (unpaired) electrons. The van der Waals surface area contributed by atoms with Crippen molar-refractivity contribution in [1.29, 1.82) is 0 Å². The van der Waals surface area contributed by atoms with Crippen LogP contribution in [0.3, 0.4) is 0 Å². The van der Waals surface area contributed by atoms with Crippen molar-refractivity contribution in [2.45, 2.75) is 38.1 Å². The molecule has 0 amide bonds. The third kappa shape index (κ3) is 5.85. The van der Waals surface area contributed by atoms with E-state index in [4.69, 9.17) is 9.47 Å². The number of methoxy groups -OCH3 is 1. The minimum Gasteiger partial charge on any atom is -0.497 e. The molecule has 0 heterocycles. The minimum atomic E-state index is -0.477.